The summed E-state index contributed by atoms with van der Waals surface area (Å²) in [6.45, 7) is -0.604. The van der Waals surface area contributed by atoms with E-state index in [4.69, 9.17) is 13.9 Å². The molecule has 1 aliphatic rings. The van der Waals surface area contributed by atoms with E-state index in [1.165, 1.54) is 36.4 Å². The number of fused-ring (bicyclic) bond motifs is 1. The minimum Gasteiger partial charge on any atom is -0.486 e. The zero-order chi connectivity index (χ0) is 24.2. The number of nitrogens with zero attached hydrogens (tertiary/aromatic N) is 3. The van der Waals surface area contributed by atoms with Crippen molar-refractivity contribution in [3.63, 3.8) is 0 Å². The summed E-state index contributed by atoms with van der Waals surface area (Å²) >= 11 is 0. The first-order valence-corrected chi connectivity index (χ1v) is 10.3. The Morgan fingerprint density at radius 1 is 1.00 bits per heavy atom. The smallest absolute Gasteiger partial charge is 0.374 e. The molecule has 0 unspecified atom stereocenters. The fourth-order valence-electron chi connectivity index (χ4n) is 3.58. The Bertz CT molecular complexity index is 1280. The van der Waals surface area contributed by atoms with Crippen molar-refractivity contribution in [3.8, 4) is 11.8 Å². The molecule has 0 fully saturated rings. The number of halogens is 1. The number of carbonyl (C=O) groups is 2. The molecule has 34 heavy (non-hydrogen) atoms. The predicted octanol–water partition coefficient (Wildman–Crippen LogP) is 4.04. The summed E-state index contributed by atoms with van der Waals surface area (Å²) in [5, 5.41) is 9.65. The highest BCUT2D eigenvalue weighted by Crippen LogP contribution is 2.40. The Morgan fingerprint density at radius 3 is 2.26 bits per heavy atom. The minimum absolute atomic E-state index is 0.0156. The lowest BCUT2D eigenvalue weighted by Gasteiger charge is -2.19. The van der Waals surface area contributed by atoms with Crippen LogP contribution < -0.4 is 14.5 Å². The van der Waals surface area contributed by atoms with Gasteiger partial charge in [0.05, 0.1) is 11.4 Å². The lowest BCUT2D eigenvalue weighted by Crippen LogP contribution is -2.27. The van der Waals surface area contributed by atoms with Gasteiger partial charge in [0.25, 0.3) is 0 Å². The third-order valence-electron chi connectivity index (χ3n) is 5.25. The summed E-state index contributed by atoms with van der Waals surface area (Å²) in [7, 11) is 3.51. The van der Waals surface area contributed by atoms with E-state index in [-0.39, 0.29) is 23.8 Å². The standard InChI is InChI=1S/C25H20FN3O5/c1-28-20-5-3-4-6-21(20)29(2)24(28)19(13-27)22(30)15-33-25(31)23-12-11-18(34-23)14-32-17-9-7-16(26)8-10-17/h3-12H,14-15H2,1-2H3. The van der Waals surface area contributed by atoms with Crippen molar-refractivity contribution < 1.29 is 27.9 Å². The number of hydrogen-bond donors (Lipinski definition) is 0. The Labute approximate surface area is 195 Å². The molecule has 1 aliphatic heterocycles. The van der Waals surface area contributed by atoms with Crippen molar-refractivity contribution in [1.82, 2.24) is 0 Å². The van der Waals surface area contributed by atoms with E-state index in [9.17, 15) is 19.2 Å². The highest BCUT2D eigenvalue weighted by molar-refractivity contribution is 6.04. The molecule has 0 radical (unpaired) electrons. The van der Waals surface area contributed by atoms with Crippen molar-refractivity contribution in [2.75, 3.05) is 30.5 Å². The molecule has 3 aromatic rings. The topological polar surface area (TPSA) is 96.0 Å². The Balaban J connectivity index is 1.38. The van der Waals surface area contributed by atoms with Crippen molar-refractivity contribution in [1.29, 1.82) is 5.26 Å². The predicted molar refractivity (Wildman–Crippen MR) is 121 cm³/mol. The molecule has 0 N–H and O–H groups in total. The Kier molecular flexibility index (Phi) is 6.32. The van der Waals surface area contributed by atoms with Crippen LogP contribution in [0.2, 0.25) is 0 Å². The third kappa shape index (κ3) is 4.47. The number of Topliss-reactive ketones (excluding diaryl/α,β-unsaturated/α-hetero) is 1. The van der Waals surface area contributed by atoms with Crippen LogP contribution in [0.4, 0.5) is 15.8 Å². The molecule has 1 aromatic heterocycles. The first-order valence-electron chi connectivity index (χ1n) is 10.3. The molecule has 0 amide bonds. The van der Waals surface area contributed by atoms with Crippen molar-refractivity contribution in [3.05, 3.63) is 89.4 Å². The second-order valence-corrected chi connectivity index (χ2v) is 7.43. The lowest BCUT2D eigenvalue weighted by molar-refractivity contribution is -0.118. The van der Waals surface area contributed by atoms with Crippen LogP contribution in [-0.4, -0.2) is 32.5 Å². The normalized spacial score (nSPS) is 12.2. The fourth-order valence-corrected chi connectivity index (χ4v) is 3.58. The second kappa shape index (κ2) is 9.50. The molecule has 0 saturated carbocycles. The molecular weight excluding hydrogens is 441 g/mol. The summed E-state index contributed by atoms with van der Waals surface area (Å²) in [5.74, 6) is -0.787. The largest absolute Gasteiger partial charge is 0.486 e. The number of nitriles is 1. The lowest BCUT2D eigenvalue weighted by atomic mass is 10.2. The molecule has 9 heteroatoms. The monoisotopic (exact) mass is 461 g/mol. The van der Waals surface area contributed by atoms with Crippen LogP contribution in [0, 0.1) is 17.1 Å². The van der Waals surface area contributed by atoms with Gasteiger partial charge in [0.15, 0.2) is 6.61 Å². The number of hydrogen-bond acceptors (Lipinski definition) is 8. The van der Waals surface area contributed by atoms with Gasteiger partial charge in [0.1, 0.15) is 41.4 Å². The molecule has 0 atom stereocenters. The van der Waals surface area contributed by atoms with Crippen LogP contribution in [0.5, 0.6) is 5.75 Å². The van der Waals surface area contributed by atoms with E-state index in [1.54, 1.807) is 23.9 Å². The first-order chi connectivity index (χ1) is 16.4. The van der Waals surface area contributed by atoms with Gasteiger partial charge in [0, 0.05) is 14.1 Å². The maximum Gasteiger partial charge on any atom is 0.374 e. The molecule has 4 rings (SSSR count). The van der Waals surface area contributed by atoms with Crippen LogP contribution in [0.25, 0.3) is 0 Å². The van der Waals surface area contributed by atoms with E-state index in [1.807, 2.05) is 30.3 Å². The number of carbonyl (C=O) groups excluding carboxylic acids is 2. The SMILES string of the molecule is CN1C(=C(C#N)C(=O)COC(=O)c2ccc(COc3ccc(F)cc3)o2)N(C)c2ccccc21. The van der Waals surface area contributed by atoms with Gasteiger partial charge in [-0.05, 0) is 48.5 Å². The summed E-state index contributed by atoms with van der Waals surface area (Å²) in [6, 6.07) is 17.8. The third-order valence-corrected chi connectivity index (χ3v) is 5.25. The van der Waals surface area contributed by atoms with E-state index in [0.29, 0.717) is 17.3 Å². The Morgan fingerprint density at radius 2 is 1.65 bits per heavy atom. The number of furan rings is 1. The average Bonchev–Trinajstić information content (AvgIpc) is 3.42. The summed E-state index contributed by atoms with van der Waals surface area (Å²) in [5.41, 5.74) is 1.58. The number of ketones is 1. The molecule has 8 nitrogen and oxygen atoms in total. The Hall–Kier alpha value is -4.58. The maximum atomic E-state index is 13.0. The minimum atomic E-state index is -0.847. The molecule has 2 aromatic carbocycles. The number of para-hydroxylation sites is 2. The van der Waals surface area contributed by atoms with Gasteiger partial charge >= 0.3 is 5.97 Å². The molecular formula is C25H20FN3O5. The van der Waals surface area contributed by atoms with E-state index in [2.05, 4.69) is 0 Å². The van der Waals surface area contributed by atoms with Crippen molar-refractivity contribution in [2.24, 2.45) is 0 Å². The summed E-state index contributed by atoms with van der Waals surface area (Å²) in [4.78, 5) is 28.6. The zero-order valence-corrected chi connectivity index (χ0v) is 18.4. The van der Waals surface area contributed by atoms with E-state index < -0.39 is 18.4 Å². The van der Waals surface area contributed by atoms with Crippen LogP contribution >= 0.6 is 0 Å². The van der Waals surface area contributed by atoms with Gasteiger partial charge in [-0.25, -0.2) is 9.18 Å². The number of ether oxygens (including phenoxy) is 2. The van der Waals surface area contributed by atoms with Gasteiger partial charge in [-0.15, -0.1) is 0 Å². The average molecular weight is 461 g/mol. The van der Waals surface area contributed by atoms with Gasteiger partial charge in [-0.1, -0.05) is 12.1 Å². The number of anilines is 2. The quantitative estimate of drug-likeness (QED) is 0.296. The van der Waals surface area contributed by atoms with Gasteiger partial charge < -0.3 is 23.7 Å². The highest BCUT2D eigenvalue weighted by Gasteiger charge is 2.31. The van der Waals surface area contributed by atoms with Gasteiger partial charge in [-0.3, -0.25) is 4.79 Å². The number of rotatable bonds is 7. The van der Waals surface area contributed by atoms with Crippen LogP contribution in [-0.2, 0) is 16.1 Å². The second-order valence-electron chi connectivity index (χ2n) is 7.43. The highest BCUT2D eigenvalue weighted by atomic mass is 19.1. The molecule has 0 spiro atoms. The summed E-state index contributed by atoms with van der Waals surface area (Å²) < 4.78 is 28.9. The van der Waals surface area contributed by atoms with Crippen molar-refractivity contribution in [2.45, 2.75) is 6.61 Å². The van der Waals surface area contributed by atoms with Gasteiger partial charge in [-0.2, -0.15) is 5.26 Å². The summed E-state index contributed by atoms with van der Waals surface area (Å²) in [6.07, 6.45) is 0. The number of benzene rings is 2. The van der Waals surface area contributed by atoms with Gasteiger partial charge in [0.2, 0.25) is 11.5 Å². The van der Waals surface area contributed by atoms with E-state index >= 15 is 0 Å². The van der Waals surface area contributed by atoms with Crippen LogP contribution in [0.1, 0.15) is 16.3 Å². The fraction of sp³-hybridized carbons (Fsp3) is 0.160. The molecule has 0 aliphatic carbocycles. The number of esters is 1. The molecule has 172 valence electrons. The molecule has 0 saturated heterocycles. The van der Waals surface area contributed by atoms with E-state index in [0.717, 1.165) is 11.4 Å². The molecule has 2 heterocycles. The van der Waals surface area contributed by atoms with Crippen LogP contribution in [0.15, 0.2) is 76.5 Å². The first kappa shape index (κ1) is 22.6. The van der Waals surface area contributed by atoms with Crippen molar-refractivity contribution >= 4 is 23.1 Å². The zero-order valence-electron chi connectivity index (χ0n) is 18.4. The molecule has 0 bridgehead atoms. The van der Waals surface area contributed by atoms with Crippen LogP contribution in [0.3, 0.4) is 0 Å². The maximum absolute atomic E-state index is 13.0.